The quantitative estimate of drug-likeness (QED) is 0.494. The van der Waals surface area contributed by atoms with Crippen molar-refractivity contribution in [2.24, 2.45) is 0 Å². The van der Waals surface area contributed by atoms with E-state index in [9.17, 15) is 14.4 Å². The third kappa shape index (κ3) is 6.34. The van der Waals surface area contributed by atoms with Crippen molar-refractivity contribution >= 4 is 18.0 Å². The second-order valence-electron chi connectivity index (χ2n) is 9.10. The van der Waals surface area contributed by atoms with Crippen molar-refractivity contribution in [3.8, 4) is 11.1 Å². The van der Waals surface area contributed by atoms with Crippen molar-refractivity contribution < 1.29 is 24.2 Å². The van der Waals surface area contributed by atoms with Gasteiger partial charge >= 0.3 is 12.1 Å². The number of amides is 2. The summed E-state index contributed by atoms with van der Waals surface area (Å²) in [7, 11) is 0. The van der Waals surface area contributed by atoms with Gasteiger partial charge < -0.3 is 20.5 Å². The molecule has 0 radical (unpaired) electrons. The Bertz CT molecular complexity index is 972. The molecule has 2 aromatic carbocycles. The van der Waals surface area contributed by atoms with Gasteiger partial charge in [0.1, 0.15) is 6.61 Å². The molecule has 33 heavy (non-hydrogen) atoms. The van der Waals surface area contributed by atoms with Gasteiger partial charge in [-0.05, 0) is 48.9 Å². The second-order valence-corrected chi connectivity index (χ2v) is 9.10. The molecule has 0 fully saturated rings. The summed E-state index contributed by atoms with van der Waals surface area (Å²) in [5.74, 6) is -1.19. The van der Waals surface area contributed by atoms with Crippen LogP contribution in [0.4, 0.5) is 4.79 Å². The predicted octanol–water partition coefficient (Wildman–Crippen LogP) is 4.45. The number of carboxylic acids is 1. The minimum absolute atomic E-state index is 0.0164. The maximum absolute atomic E-state index is 12.5. The summed E-state index contributed by atoms with van der Waals surface area (Å²) in [4.78, 5) is 35.6. The summed E-state index contributed by atoms with van der Waals surface area (Å²) in [6.45, 7) is 5.72. The van der Waals surface area contributed by atoms with Gasteiger partial charge in [-0.15, -0.1) is 0 Å². The van der Waals surface area contributed by atoms with E-state index in [0.717, 1.165) is 11.1 Å². The highest BCUT2D eigenvalue weighted by Crippen LogP contribution is 2.44. The molecule has 7 nitrogen and oxygen atoms in total. The molecule has 2 aromatic rings. The SMILES string of the molecule is CC[C@@H](CC(=O)O)NC(=O)CCC(C)(C)NC(=O)OCC1c2ccccc2-c2ccccc21. The van der Waals surface area contributed by atoms with Crippen LogP contribution < -0.4 is 10.6 Å². The molecule has 7 heteroatoms. The number of rotatable bonds is 10. The molecule has 0 aliphatic heterocycles. The second kappa shape index (κ2) is 10.5. The number of carboxylic acid groups (broad SMARTS) is 1. The number of fused-ring (bicyclic) bond motifs is 3. The number of carbonyl (C=O) groups excluding carboxylic acids is 2. The monoisotopic (exact) mass is 452 g/mol. The first kappa shape index (κ1) is 24.3. The van der Waals surface area contributed by atoms with Gasteiger partial charge in [-0.1, -0.05) is 55.5 Å². The van der Waals surface area contributed by atoms with E-state index in [2.05, 4.69) is 34.9 Å². The summed E-state index contributed by atoms with van der Waals surface area (Å²) in [6, 6.07) is 15.9. The predicted molar refractivity (Wildman–Crippen MR) is 126 cm³/mol. The van der Waals surface area contributed by atoms with Gasteiger partial charge in [-0.25, -0.2) is 4.79 Å². The van der Waals surface area contributed by atoms with E-state index in [4.69, 9.17) is 9.84 Å². The Kier molecular flexibility index (Phi) is 7.74. The van der Waals surface area contributed by atoms with Gasteiger partial charge in [-0.3, -0.25) is 9.59 Å². The molecule has 0 saturated carbocycles. The van der Waals surface area contributed by atoms with Crippen LogP contribution in [0.15, 0.2) is 48.5 Å². The highest BCUT2D eigenvalue weighted by Gasteiger charge is 2.30. The van der Waals surface area contributed by atoms with E-state index in [0.29, 0.717) is 12.8 Å². The van der Waals surface area contributed by atoms with Gasteiger partial charge in [-0.2, -0.15) is 0 Å². The van der Waals surface area contributed by atoms with E-state index < -0.39 is 23.6 Å². The van der Waals surface area contributed by atoms with Gasteiger partial charge in [0.15, 0.2) is 0 Å². The smallest absolute Gasteiger partial charge is 0.407 e. The maximum atomic E-state index is 12.5. The van der Waals surface area contributed by atoms with Crippen molar-refractivity contribution in [2.45, 2.75) is 64.0 Å². The summed E-state index contributed by atoms with van der Waals surface area (Å²) >= 11 is 0. The van der Waals surface area contributed by atoms with Crippen LogP contribution in [0.25, 0.3) is 11.1 Å². The van der Waals surface area contributed by atoms with Gasteiger partial charge in [0.25, 0.3) is 0 Å². The zero-order chi connectivity index (χ0) is 24.0. The number of aliphatic carboxylic acids is 1. The molecule has 176 valence electrons. The number of ether oxygens (including phenoxy) is 1. The van der Waals surface area contributed by atoms with Crippen molar-refractivity contribution in [2.75, 3.05) is 6.61 Å². The minimum atomic E-state index is -0.945. The van der Waals surface area contributed by atoms with Crippen molar-refractivity contribution in [1.82, 2.24) is 10.6 Å². The van der Waals surface area contributed by atoms with Crippen LogP contribution >= 0.6 is 0 Å². The van der Waals surface area contributed by atoms with Crippen LogP contribution in [0.1, 0.15) is 63.5 Å². The molecule has 0 saturated heterocycles. The summed E-state index contributed by atoms with van der Waals surface area (Å²) < 4.78 is 5.59. The van der Waals surface area contributed by atoms with Crippen molar-refractivity contribution in [3.63, 3.8) is 0 Å². The average molecular weight is 453 g/mol. The Balaban J connectivity index is 1.51. The molecule has 1 aliphatic carbocycles. The lowest BCUT2D eigenvalue weighted by Gasteiger charge is -2.26. The first-order valence-electron chi connectivity index (χ1n) is 11.3. The third-order valence-corrected chi connectivity index (χ3v) is 6.04. The molecule has 0 bridgehead atoms. The van der Waals surface area contributed by atoms with Gasteiger partial charge in [0.2, 0.25) is 5.91 Å². The zero-order valence-corrected chi connectivity index (χ0v) is 19.4. The Hall–Kier alpha value is -3.35. The van der Waals surface area contributed by atoms with E-state index in [-0.39, 0.29) is 31.3 Å². The number of carbonyl (C=O) groups is 3. The fourth-order valence-electron chi connectivity index (χ4n) is 4.21. The molecule has 0 spiro atoms. The van der Waals surface area contributed by atoms with Crippen LogP contribution in [-0.4, -0.2) is 41.3 Å². The van der Waals surface area contributed by atoms with Gasteiger partial charge in [0, 0.05) is 23.9 Å². The largest absolute Gasteiger partial charge is 0.481 e. The third-order valence-electron chi connectivity index (χ3n) is 6.04. The first-order valence-corrected chi connectivity index (χ1v) is 11.3. The molecule has 2 amide bonds. The molecule has 1 atom stereocenters. The Morgan fingerprint density at radius 1 is 1.03 bits per heavy atom. The first-order chi connectivity index (χ1) is 15.7. The lowest BCUT2D eigenvalue weighted by atomic mass is 9.97. The molecule has 3 rings (SSSR count). The molecule has 0 unspecified atom stereocenters. The summed E-state index contributed by atoms with van der Waals surface area (Å²) in [5, 5.41) is 14.5. The fraction of sp³-hybridized carbons (Fsp3) is 0.423. The summed E-state index contributed by atoms with van der Waals surface area (Å²) in [6.07, 6.45) is 0.474. The number of hydrogen-bond donors (Lipinski definition) is 3. The molecule has 3 N–H and O–H groups in total. The molecular formula is C26H32N2O5. The standard InChI is InChI=1S/C26H32N2O5/c1-4-17(15-24(30)31)27-23(29)13-14-26(2,3)28-25(32)33-16-22-20-11-7-5-9-18(20)19-10-6-8-12-21(19)22/h5-12,17,22H,4,13-16H2,1-3H3,(H,27,29)(H,28,32)(H,30,31)/t17-/m0/s1. The molecule has 0 aromatic heterocycles. The Labute approximate surface area is 194 Å². The number of hydrogen-bond acceptors (Lipinski definition) is 4. The molecule has 0 heterocycles. The Morgan fingerprint density at radius 3 is 2.15 bits per heavy atom. The maximum Gasteiger partial charge on any atom is 0.407 e. The normalized spacial score (nSPS) is 13.5. The number of nitrogens with one attached hydrogen (secondary N) is 2. The lowest BCUT2D eigenvalue weighted by Crippen LogP contribution is -2.45. The average Bonchev–Trinajstić information content (AvgIpc) is 3.09. The van der Waals surface area contributed by atoms with Crippen LogP contribution in [0.2, 0.25) is 0 Å². The van der Waals surface area contributed by atoms with Crippen LogP contribution in [0.3, 0.4) is 0 Å². The number of alkyl carbamates (subject to hydrolysis) is 1. The van der Waals surface area contributed by atoms with Crippen LogP contribution in [0.5, 0.6) is 0 Å². The zero-order valence-electron chi connectivity index (χ0n) is 19.4. The molecular weight excluding hydrogens is 420 g/mol. The fourth-order valence-corrected chi connectivity index (χ4v) is 4.21. The summed E-state index contributed by atoms with van der Waals surface area (Å²) in [5.41, 5.74) is 3.97. The molecule has 1 aliphatic rings. The lowest BCUT2D eigenvalue weighted by molar-refractivity contribution is -0.137. The Morgan fingerprint density at radius 2 is 1.61 bits per heavy atom. The van der Waals surface area contributed by atoms with E-state index >= 15 is 0 Å². The van der Waals surface area contributed by atoms with E-state index in [1.165, 1.54) is 11.1 Å². The minimum Gasteiger partial charge on any atom is -0.481 e. The van der Waals surface area contributed by atoms with Crippen LogP contribution in [0, 0.1) is 0 Å². The van der Waals surface area contributed by atoms with Crippen molar-refractivity contribution in [1.29, 1.82) is 0 Å². The number of benzene rings is 2. The van der Waals surface area contributed by atoms with E-state index in [1.807, 2.05) is 45.0 Å². The van der Waals surface area contributed by atoms with Gasteiger partial charge in [0.05, 0.1) is 6.42 Å². The highest BCUT2D eigenvalue weighted by molar-refractivity contribution is 5.79. The van der Waals surface area contributed by atoms with Crippen LogP contribution in [-0.2, 0) is 14.3 Å². The van der Waals surface area contributed by atoms with E-state index in [1.54, 1.807) is 0 Å². The highest BCUT2D eigenvalue weighted by atomic mass is 16.5. The van der Waals surface area contributed by atoms with Crippen molar-refractivity contribution in [3.05, 3.63) is 59.7 Å². The topological polar surface area (TPSA) is 105 Å².